The second kappa shape index (κ2) is 5.70. The SMILES string of the molecule is CCC1CCN(c2cccc(F)c2CC(C)N)C1. The van der Waals surface area contributed by atoms with Gasteiger partial charge in [0.2, 0.25) is 0 Å². The summed E-state index contributed by atoms with van der Waals surface area (Å²) >= 11 is 0. The maximum Gasteiger partial charge on any atom is 0.128 e. The highest BCUT2D eigenvalue weighted by Gasteiger charge is 2.24. The minimum absolute atomic E-state index is 0.00905. The lowest BCUT2D eigenvalue weighted by molar-refractivity contribution is 0.567. The molecule has 1 aromatic rings. The van der Waals surface area contributed by atoms with Gasteiger partial charge in [-0.2, -0.15) is 0 Å². The van der Waals surface area contributed by atoms with Gasteiger partial charge in [-0.25, -0.2) is 4.39 Å². The molecule has 1 heterocycles. The Morgan fingerprint density at radius 1 is 1.50 bits per heavy atom. The van der Waals surface area contributed by atoms with Crippen LogP contribution in [0.15, 0.2) is 18.2 Å². The first-order valence-corrected chi connectivity index (χ1v) is 6.89. The smallest absolute Gasteiger partial charge is 0.128 e. The maximum absolute atomic E-state index is 14.0. The molecule has 0 radical (unpaired) electrons. The van der Waals surface area contributed by atoms with E-state index in [1.165, 1.54) is 18.9 Å². The van der Waals surface area contributed by atoms with E-state index in [0.717, 1.165) is 30.3 Å². The standard InChI is InChI=1S/C15H23FN2/c1-3-12-7-8-18(10-12)15-6-4-5-14(16)13(15)9-11(2)17/h4-6,11-12H,3,7-10,17H2,1-2H3. The van der Waals surface area contributed by atoms with Gasteiger partial charge < -0.3 is 10.6 Å². The third-order valence-corrected chi connectivity index (χ3v) is 3.82. The molecule has 0 bridgehead atoms. The van der Waals surface area contributed by atoms with Crippen molar-refractivity contribution in [2.75, 3.05) is 18.0 Å². The van der Waals surface area contributed by atoms with Crippen LogP contribution in [0.4, 0.5) is 10.1 Å². The van der Waals surface area contributed by atoms with Crippen LogP contribution in [0, 0.1) is 11.7 Å². The molecule has 0 spiro atoms. The Bertz CT molecular complexity index is 403. The number of nitrogens with two attached hydrogens (primary N) is 1. The Kier molecular flexibility index (Phi) is 4.23. The lowest BCUT2D eigenvalue weighted by atomic mass is 10.0. The van der Waals surface area contributed by atoms with Crippen molar-refractivity contribution in [3.63, 3.8) is 0 Å². The number of benzene rings is 1. The average molecular weight is 250 g/mol. The zero-order chi connectivity index (χ0) is 13.1. The molecular weight excluding hydrogens is 227 g/mol. The van der Waals surface area contributed by atoms with Gasteiger partial charge in [0, 0.05) is 30.4 Å². The van der Waals surface area contributed by atoms with Crippen LogP contribution in [-0.4, -0.2) is 19.1 Å². The number of rotatable bonds is 4. The summed E-state index contributed by atoms with van der Waals surface area (Å²) < 4.78 is 14.0. The quantitative estimate of drug-likeness (QED) is 0.890. The number of nitrogens with zero attached hydrogens (tertiary/aromatic N) is 1. The molecule has 0 aliphatic carbocycles. The fraction of sp³-hybridized carbons (Fsp3) is 0.600. The molecule has 2 atom stereocenters. The highest BCUT2D eigenvalue weighted by Crippen LogP contribution is 2.30. The third-order valence-electron chi connectivity index (χ3n) is 3.82. The van der Waals surface area contributed by atoms with E-state index in [1.54, 1.807) is 6.07 Å². The summed E-state index contributed by atoms with van der Waals surface area (Å²) in [6.45, 7) is 6.23. The second-order valence-corrected chi connectivity index (χ2v) is 5.43. The first kappa shape index (κ1) is 13.3. The van der Waals surface area contributed by atoms with Crippen LogP contribution in [0.2, 0.25) is 0 Å². The number of hydrogen-bond donors (Lipinski definition) is 1. The molecule has 3 heteroatoms. The van der Waals surface area contributed by atoms with Gasteiger partial charge >= 0.3 is 0 Å². The van der Waals surface area contributed by atoms with Crippen LogP contribution >= 0.6 is 0 Å². The van der Waals surface area contributed by atoms with Gasteiger partial charge in [0.05, 0.1) is 0 Å². The van der Waals surface area contributed by atoms with Crippen molar-refractivity contribution in [3.05, 3.63) is 29.6 Å². The van der Waals surface area contributed by atoms with Crippen LogP contribution < -0.4 is 10.6 Å². The second-order valence-electron chi connectivity index (χ2n) is 5.43. The summed E-state index contributed by atoms with van der Waals surface area (Å²) in [6, 6.07) is 5.35. The molecule has 1 aromatic carbocycles. The Labute approximate surface area is 109 Å². The summed E-state index contributed by atoms with van der Waals surface area (Å²) in [6.07, 6.45) is 3.02. The van der Waals surface area contributed by atoms with Gasteiger partial charge in [0.15, 0.2) is 0 Å². The fourth-order valence-corrected chi connectivity index (χ4v) is 2.75. The van der Waals surface area contributed by atoms with E-state index in [-0.39, 0.29) is 11.9 Å². The molecule has 100 valence electrons. The predicted octanol–water partition coefficient (Wildman–Crippen LogP) is 2.95. The van der Waals surface area contributed by atoms with E-state index < -0.39 is 0 Å². The molecule has 1 saturated heterocycles. The lowest BCUT2D eigenvalue weighted by Crippen LogP contribution is -2.24. The molecule has 0 aromatic heterocycles. The summed E-state index contributed by atoms with van der Waals surface area (Å²) in [7, 11) is 0. The Balaban J connectivity index is 2.24. The van der Waals surface area contributed by atoms with Gasteiger partial charge in [-0.1, -0.05) is 19.4 Å². The summed E-state index contributed by atoms with van der Waals surface area (Å²) in [5.41, 5.74) is 7.66. The molecule has 2 unspecified atom stereocenters. The molecule has 2 rings (SSSR count). The van der Waals surface area contributed by atoms with Crippen molar-refractivity contribution < 1.29 is 4.39 Å². The molecule has 1 aliphatic rings. The first-order chi connectivity index (χ1) is 8.61. The van der Waals surface area contributed by atoms with E-state index in [9.17, 15) is 4.39 Å². The van der Waals surface area contributed by atoms with Crippen LogP contribution in [0.3, 0.4) is 0 Å². The molecule has 1 fully saturated rings. The zero-order valence-electron chi connectivity index (χ0n) is 11.3. The van der Waals surface area contributed by atoms with Crippen LogP contribution in [0.5, 0.6) is 0 Å². The van der Waals surface area contributed by atoms with Gasteiger partial charge in [0.25, 0.3) is 0 Å². The molecule has 0 saturated carbocycles. The Hall–Kier alpha value is -1.09. The summed E-state index contributed by atoms with van der Waals surface area (Å²) in [5.74, 6) is 0.626. The topological polar surface area (TPSA) is 29.3 Å². The van der Waals surface area contributed by atoms with Crippen molar-refractivity contribution in [1.82, 2.24) is 0 Å². The fourth-order valence-electron chi connectivity index (χ4n) is 2.75. The summed E-state index contributed by atoms with van der Waals surface area (Å²) in [4.78, 5) is 2.31. The van der Waals surface area contributed by atoms with Gasteiger partial charge in [0.1, 0.15) is 5.82 Å². The van der Waals surface area contributed by atoms with Crippen molar-refractivity contribution in [2.24, 2.45) is 11.7 Å². The van der Waals surface area contributed by atoms with E-state index in [4.69, 9.17) is 5.73 Å². The predicted molar refractivity (Wildman–Crippen MR) is 74.4 cm³/mol. The molecule has 0 amide bonds. The van der Waals surface area contributed by atoms with Gasteiger partial charge in [-0.05, 0) is 37.8 Å². The minimum Gasteiger partial charge on any atom is -0.371 e. The molecule has 1 aliphatic heterocycles. The van der Waals surface area contributed by atoms with Crippen LogP contribution in [0.1, 0.15) is 32.3 Å². The van der Waals surface area contributed by atoms with E-state index in [2.05, 4.69) is 11.8 Å². The number of hydrogen-bond acceptors (Lipinski definition) is 2. The molecule has 2 N–H and O–H groups in total. The van der Waals surface area contributed by atoms with E-state index in [0.29, 0.717) is 6.42 Å². The van der Waals surface area contributed by atoms with Crippen molar-refractivity contribution >= 4 is 5.69 Å². The first-order valence-electron chi connectivity index (χ1n) is 6.89. The molecule has 18 heavy (non-hydrogen) atoms. The third kappa shape index (κ3) is 2.83. The largest absolute Gasteiger partial charge is 0.371 e. The van der Waals surface area contributed by atoms with Crippen LogP contribution in [-0.2, 0) is 6.42 Å². The highest BCUT2D eigenvalue weighted by atomic mass is 19.1. The van der Waals surface area contributed by atoms with Crippen molar-refractivity contribution in [2.45, 2.75) is 39.2 Å². The van der Waals surface area contributed by atoms with Crippen LogP contribution in [0.25, 0.3) is 0 Å². The summed E-state index contributed by atoms with van der Waals surface area (Å²) in [5, 5.41) is 0. The van der Waals surface area contributed by atoms with E-state index in [1.807, 2.05) is 13.0 Å². The molecule has 2 nitrogen and oxygen atoms in total. The van der Waals surface area contributed by atoms with Crippen molar-refractivity contribution in [1.29, 1.82) is 0 Å². The monoisotopic (exact) mass is 250 g/mol. The maximum atomic E-state index is 14.0. The number of halogens is 1. The number of anilines is 1. The molecular formula is C15H23FN2. The Morgan fingerprint density at radius 3 is 2.89 bits per heavy atom. The van der Waals surface area contributed by atoms with Crippen molar-refractivity contribution in [3.8, 4) is 0 Å². The zero-order valence-corrected chi connectivity index (χ0v) is 11.3. The minimum atomic E-state index is -0.121. The normalized spacial score (nSPS) is 21.3. The van der Waals surface area contributed by atoms with Gasteiger partial charge in [-0.15, -0.1) is 0 Å². The lowest BCUT2D eigenvalue weighted by Gasteiger charge is -2.23. The highest BCUT2D eigenvalue weighted by molar-refractivity contribution is 5.55. The average Bonchev–Trinajstić information content (AvgIpc) is 2.80. The van der Waals surface area contributed by atoms with E-state index >= 15 is 0 Å². The Morgan fingerprint density at radius 2 is 2.28 bits per heavy atom. The van der Waals surface area contributed by atoms with Gasteiger partial charge in [-0.3, -0.25) is 0 Å².